The minimum absolute atomic E-state index is 0. The molecule has 2 aromatic heterocycles. The van der Waals surface area contributed by atoms with Gasteiger partial charge in [0, 0.05) is 38.6 Å². The number of imidazole rings is 1. The Kier molecular flexibility index (Phi) is 13.0. The molecule has 1 N–H and O–H groups in total. The van der Waals surface area contributed by atoms with Crippen LogP contribution in [0.25, 0.3) is 95.0 Å². The number of aromatic hydroxyl groups is 1. The number of aryl methyl sites for hydroxylation is 1. The number of hydrogen-bond donors (Lipinski definition) is 1. The number of aromatic nitrogens is 3. The number of rotatable bonds is 11. The third-order valence-corrected chi connectivity index (χ3v) is 12.8. The zero-order valence-electron chi connectivity index (χ0n) is 38.4. The number of phenolic OH excluding ortho intramolecular Hbond substituents is 1. The normalized spacial score (nSPS) is 11.3. The third kappa shape index (κ3) is 8.95. The van der Waals surface area contributed by atoms with Crippen molar-refractivity contribution in [2.24, 2.45) is 0 Å². The molecule has 10 aromatic rings. The summed E-state index contributed by atoms with van der Waals surface area (Å²) in [5, 5.41) is 12.2. The summed E-state index contributed by atoms with van der Waals surface area (Å²) in [6.45, 7) is 10.9. The fourth-order valence-electron chi connectivity index (χ4n) is 9.19. The number of fused-ring (bicyclic) bond motifs is 1. The molecule has 2 heterocycles. The maximum Gasteiger partial charge on any atom is 0.148 e. The molecule has 0 unspecified atom stereocenters. The Labute approximate surface area is 409 Å². The maximum atomic E-state index is 12.2. The average molecular weight is 1050 g/mol. The molecule has 0 spiro atoms. The molecule has 0 fully saturated rings. The minimum Gasteiger partial charge on any atom is -0.507 e. The van der Waals surface area contributed by atoms with Crippen molar-refractivity contribution in [2.45, 2.75) is 52.9 Å². The number of phenols is 1. The quantitative estimate of drug-likeness (QED) is 0.131. The molecule has 4 nitrogen and oxygen atoms in total. The minimum atomic E-state index is 0. The second kappa shape index (κ2) is 19.4. The van der Waals surface area contributed by atoms with E-state index in [0.29, 0.717) is 5.82 Å². The van der Waals surface area contributed by atoms with Crippen LogP contribution in [-0.2, 0) is 27.5 Å². The van der Waals surface area contributed by atoms with Gasteiger partial charge in [-0.05, 0) is 104 Å². The Bertz CT molecular complexity index is 3340. The first-order valence-electron chi connectivity index (χ1n) is 23.1. The molecule has 67 heavy (non-hydrogen) atoms. The monoisotopic (exact) mass is 1050 g/mol. The van der Waals surface area contributed by atoms with Crippen molar-refractivity contribution in [3.8, 4) is 89.7 Å². The molecule has 0 radical (unpaired) electrons. The van der Waals surface area contributed by atoms with E-state index >= 15 is 0 Å². The van der Waals surface area contributed by atoms with Crippen LogP contribution in [0.2, 0.25) is 0 Å². The van der Waals surface area contributed by atoms with Crippen molar-refractivity contribution in [1.82, 2.24) is 14.5 Å². The van der Waals surface area contributed by atoms with Gasteiger partial charge >= 0.3 is 0 Å². The van der Waals surface area contributed by atoms with E-state index < -0.39 is 0 Å². The fraction of sp³-hybridized carbons (Fsp3) is 0.129. The van der Waals surface area contributed by atoms with E-state index in [-0.39, 0.29) is 38.7 Å². The van der Waals surface area contributed by atoms with E-state index in [4.69, 9.17) is 9.97 Å². The molecular formula is C62H52N3OPt-. The smallest absolute Gasteiger partial charge is 0.148 e. The Balaban J connectivity index is 0.00000562. The Morgan fingerprint density at radius 1 is 0.522 bits per heavy atom. The van der Waals surface area contributed by atoms with Gasteiger partial charge in [0.1, 0.15) is 11.6 Å². The van der Waals surface area contributed by atoms with Crippen LogP contribution in [0.15, 0.2) is 194 Å². The first kappa shape index (κ1) is 45.0. The Morgan fingerprint density at radius 2 is 1.13 bits per heavy atom. The van der Waals surface area contributed by atoms with Gasteiger partial charge in [0.2, 0.25) is 0 Å². The molecule has 8 aromatic carbocycles. The summed E-state index contributed by atoms with van der Waals surface area (Å²) in [5.41, 5.74) is 19.5. The Morgan fingerprint density at radius 3 is 1.78 bits per heavy atom. The number of benzene rings is 8. The van der Waals surface area contributed by atoms with E-state index in [0.717, 1.165) is 84.5 Å². The van der Waals surface area contributed by atoms with E-state index in [1.54, 1.807) is 0 Å². The molecule has 0 bridgehead atoms. The van der Waals surface area contributed by atoms with Gasteiger partial charge < -0.3 is 5.11 Å². The summed E-state index contributed by atoms with van der Waals surface area (Å²) in [6, 6.07) is 70.2. The summed E-state index contributed by atoms with van der Waals surface area (Å²) >= 11 is 0. The van der Waals surface area contributed by atoms with E-state index in [1.165, 1.54) is 27.8 Å². The predicted octanol–water partition coefficient (Wildman–Crippen LogP) is 16.4. The Hall–Kier alpha value is -7.13. The van der Waals surface area contributed by atoms with Crippen molar-refractivity contribution < 1.29 is 26.2 Å². The molecule has 0 saturated carbocycles. The van der Waals surface area contributed by atoms with E-state index in [2.05, 4.69) is 221 Å². The number of nitrogens with zero attached hydrogens (tertiary/aromatic N) is 3. The van der Waals surface area contributed by atoms with Gasteiger partial charge in [-0.15, -0.1) is 23.8 Å². The van der Waals surface area contributed by atoms with Crippen LogP contribution < -0.4 is 0 Å². The van der Waals surface area contributed by atoms with E-state index in [1.807, 2.05) is 18.3 Å². The summed E-state index contributed by atoms with van der Waals surface area (Å²) in [5.74, 6) is 1.33. The SMILES string of the molecule is CCc1cc(-n2c(-c3cc(C(C)C)cc(C(C)C)c3O)nc3c(-c4[c-]c(-c5cc(-c6ccc(-c7ccccc7)cc6)ccn5)cc(-c5ccccc5)c4)cccc32)ccc1-c1ccccc1.[Pt]. The molecule has 10 rings (SSSR count). The van der Waals surface area contributed by atoms with Crippen molar-refractivity contribution in [1.29, 1.82) is 0 Å². The maximum absolute atomic E-state index is 12.2. The van der Waals surface area contributed by atoms with E-state index in [9.17, 15) is 5.11 Å². The van der Waals surface area contributed by atoms with Crippen molar-refractivity contribution in [3.63, 3.8) is 0 Å². The second-order valence-corrected chi connectivity index (χ2v) is 17.8. The number of para-hydroxylation sites is 1. The summed E-state index contributed by atoms with van der Waals surface area (Å²) in [7, 11) is 0. The largest absolute Gasteiger partial charge is 0.507 e. The van der Waals surface area contributed by atoms with Crippen molar-refractivity contribution in [3.05, 3.63) is 217 Å². The van der Waals surface area contributed by atoms with Crippen molar-refractivity contribution >= 4 is 11.0 Å². The van der Waals surface area contributed by atoms with Crippen LogP contribution in [0.4, 0.5) is 0 Å². The van der Waals surface area contributed by atoms with Gasteiger partial charge in [0.05, 0.1) is 16.6 Å². The first-order valence-corrected chi connectivity index (χ1v) is 23.1. The summed E-state index contributed by atoms with van der Waals surface area (Å²) in [6.07, 6.45) is 2.75. The molecule has 0 saturated heterocycles. The van der Waals surface area contributed by atoms with Gasteiger partial charge in [0.15, 0.2) is 0 Å². The standard InChI is InChI=1S/C62H52N3O.Pt/c1-6-42-36-53(29-30-54(42)47-21-14-9-15-22-47)65-59-24-16-23-55(60(59)64-62(65)57-38-49(40(2)3)37-56(41(4)5)61(57)66)51-33-50(44-19-12-8-13-20-44)34-52(35-51)58-39-48(31-32-63-58)46-27-25-45(26-28-46)43-17-10-7-11-18-43;/h7-34,36-41,66H,6H2,1-5H3;/q-1;. The molecule has 0 aliphatic heterocycles. The zero-order chi connectivity index (χ0) is 45.3. The fourth-order valence-corrected chi connectivity index (χ4v) is 9.19. The van der Waals surface area contributed by atoms with Gasteiger partial charge in [-0.25, -0.2) is 4.98 Å². The van der Waals surface area contributed by atoms with Crippen molar-refractivity contribution in [2.75, 3.05) is 0 Å². The number of pyridine rings is 1. The van der Waals surface area contributed by atoms with Crippen LogP contribution in [0.5, 0.6) is 5.75 Å². The van der Waals surface area contributed by atoms with Gasteiger partial charge in [0.25, 0.3) is 0 Å². The molecule has 0 aliphatic rings. The van der Waals surface area contributed by atoms with Crippen LogP contribution in [0, 0.1) is 6.07 Å². The average Bonchev–Trinajstić information content (AvgIpc) is 3.76. The summed E-state index contributed by atoms with van der Waals surface area (Å²) < 4.78 is 2.24. The van der Waals surface area contributed by atoms with Crippen LogP contribution in [0.1, 0.15) is 63.1 Å². The predicted molar refractivity (Wildman–Crippen MR) is 275 cm³/mol. The molecular weight excluding hydrogens is 998 g/mol. The number of hydrogen-bond acceptors (Lipinski definition) is 3. The molecule has 5 heteroatoms. The van der Waals surface area contributed by atoms with Crippen LogP contribution in [0.3, 0.4) is 0 Å². The third-order valence-electron chi connectivity index (χ3n) is 12.8. The zero-order valence-corrected chi connectivity index (χ0v) is 40.7. The molecule has 0 atom stereocenters. The van der Waals surface area contributed by atoms with Crippen LogP contribution in [-0.4, -0.2) is 19.6 Å². The molecule has 0 amide bonds. The van der Waals surface area contributed by atoms with Gasteiger partial charge in [-0.1, -0.05) is 197 Å². The van der Waals surface area contributed by atoms with Gasteiger partial charge in [-0.2, -0.15) is 0 Å². The van der Waals surface area contributed by atoms with Crippen LogP contribution >= 0.6 is 0 Å². The second-order valence-electron chi connectivity index (χ2n) is 17.8. The summed E-state index contributed by atoms with van der Waals surface area (Å²) in [4.78, 5) is 10.5. The molecule has 0 aliphatic carbocycles. The topological polar surface area (TPSA) is 50.9 Å². The van der Waals surface area contributed by atoms with Gasteiger partial charge in [-0.3, -0.25) is 9.55 Å². The molecule has 332 valence electrons. The first-order chi connectivity index (χ1) is 32.2.